The smallest absolute Gasteiger partial charge is 0.321 e. The van der Waals surface area contributed by atoms with Gasteiger partial charge in [-0.3, -0.25) is 0 Å². The Morgan fingerprint density at radius 2 is 1.79 bits per heavy atom. The van der Waals surface area contributed by atoms with Crippen LogP contribution in [0.2, 0.25) is 0 Å². The molecule has 0 aromatic heterocycles. The van der Waals surface area contributed by atoms with Gasteiger partial charge in [-0.15, -0.1) is 0 Å². The number of anilines is 1. The molecular weight excluding hydrogens is 362 g/mol. The predicted molar refractivity (Wildman–Crippen MR) is 121 cm³/mol. The van der Waals surface area contributed by atoms with Crippen LogP contribution in [-0.2, 0) is 13.1 Å². The molecule has 0 spiro atoms. The second-order valence-electron chi connectivity index (χ2n) is 7.31. The Morgan fingerprint density at radius 1 is 1.03 bits per heavy atom. The summed E-state index contributed by atoms with van der Waals surface area (Å²) in [6.45, 7) is 6.39. The minimum Gasteiger partial charge on any atom is -0.356 e. The molecular formula is C23H33N5O. The molecule has 0 aliphatic carbocycles. The number of nitrogens with one attached hydrogen (secondary N) is 3. The molecule has 2 amide bonds. The van der Waals surface area contributed by atoms with E-state index in [0.717, 1.165) is 43.1 Å². The second kappa shape index (κ2) is 11.7. The summed E-state index contributed by atoms with van der Waals surface area (Å²) in [6.07, 6.45) is 2.23. The average molecular weight is 396 g/mol. The van der Waals surface area contributed by atoms with E-state index >= 15 is 0 Å². The van der Waals surface area contributed by atoms with Crippen LogP contribution in [0.5, 0.6) is 0 Å². The normalized spacial score (nSPS) is 11.1. The van der Waals surface area contributed by atoms with E-state index in [0.29, 0.717) is 6.54 Å². The van der Waals surface area contributed by atoms with Gasteiger partial charge in [-0.1, -0.05) is 55.3 Å². The first-order valence-electron chi connectivity index (χ1n) is 10.1. The van der Waals surface area contributed by atoms with Crippen molar-refractivity contribution in [1.82, 2.24) is 15.5 Å². The Balaban J connectivity index is 2.01. The van der Waals surface area contributed by atoms with Crippen molar-refractivity contribution in [2.24, 2.45) is 4.99 Å². The number of hydrogen-bond donors (Lipinski definition) is 3. The highest BCUT2D eigenvalue weighted by Crippen LogP contribution is 2.12. The van der Waals surface area contributed by atoms with Crippen LogP contribution in [-0.4, -0.2) is 37.5 Å². The summed E-state index contributed by atoms with van der Waals surface area (Å²) in [5, 5.41) is 9.68. The number of benzene rings is 2. The maximum absolute atomic E-state index is 11.8. The Labute approximate surface area is 174 Å². The largest absolute Gasteiger partial charge is 0.356 e. The molecule has 0 fully saturated rings. The summed E-state index contributed by atoms with van der Waals surface area (Å²) in [5.41, 5.74) is 4.27. The molecule has 0 heterocycles. The van der Waals surface area contributed by atoms with E-state index < -0.39 is 0 Å². The summed E-state index contributed by atoms with van der Waals surface area (Å²) in [7, 11) is 3.44. The van der Waals surface area contributed by atoms with Gasteiger partial charge >= 0.3 is 6.03 Å². The Kier molecular flexibility index (Phi) is 9.02. The van der Waals surface area contributed by atoms with E-state index in [2.05, 4.69) is 54.1 Å². The first kappa shape index (κ1) is 22.3. The number of guanidine groups is 1. The third kappa shape index (κ3) is 8.25. The fraction of sp³-hybridized carbons (Fsp3) is 0.391. The molecule has 3 N–H and O–H groups in total. The number of amides is 2. The molecule has 156 valence electrons. The topological polar surface area (TPSA) is 68.8 Å². The molecule has 0 radical (unpaired) electrons. The highest BCUT2D eigenvalue weighted by atomic mass is 16.2. The van der Waals surface area contributed by atoms with Crippen LogP contribution in [0, 0.1) is 6.92 Å². The van der Waals surface area contributed by atoms with Crippen LogP contribution < -0.4 is 16.0 Å². The molecule has 29 heavy (non-hydrogen) atoms. The monoisotopic (exact) mass is 395 g/mol. The number of unbranched alkanes of at least 4 members (excludes halogenated alkanes) is 1. The van der Waals surface area contributed by atoms with Gasteiger partial charge in [0.25, 0.3) is 0 Å². The summed E-state index contributed by atoms with van der Waals surface area (Å²) < 4.78 is 0. The van der Waals surface area contributed by atoms with E-state index in [9.17, 15) is 4.79 Å². The van der Waals surface area contributed by atoms with E-state index in [1.54, 1.807) is 14.1 Å². The molecule has 2 aromatic carbocycles. The molecule has 2 rings (SSSR count). The van der Waals surface area contributed by atoms with Gasteiger partial charge in [0.15, 0.2) is 5.96 Å². The van der Waals surface area contributed by atoms with Crippen molar-refractivity contribution in [3.8, 4) is 0 Å². The van der Waals surface area contributed by atoms with Crippen molar-refractivity contribution in [2.75, 3.05) is 26.0 Å². The number of rotatable bonds is 8. The van der Waals surface area contributed by atoms with Crippen LogP contribution in [0.3, 0.4) is 0 Å². The van der Waals surface area contributed by atoms with Crippen molar-refractivity contribution >= 4 is 17.7 Å². The van der Waals surface area contributed by atoms with E-state index in [4.69, 9.17) is 4.99 Å². The first-order chi connectivity index (χ1) is 14.0. The molecule has 6 heteroatoms. The van der Waals surface area contributed by atoms with Crippen molar-refractivity contribution in [1.29, 1.82) is 0 Å². The molecule has 2 aromatic rings. The van der Waals surface area contributed by atoms with Gasteiger partial charge in [0.05, 0.1) is 6.54 Å². The van der Waals surface area contributed by atoms with Crippen LogP contribution >= 0.6 is 0 Å². The number of hydrogen-bond acceptors (Lipinski definition) is 2. The average Bonchev–Trinajstić information content (AvgIpc) is 2.71. The van der Waals surface area contributed by atoms with Crippen molar-refractivity contribution in [2.45, 2.75) is 39.8 Å². The minimum atomic E-state index is -0.146. The van der Waals surface area contributed by atoms with E-state index in [1.165, 1.54) is 16.0 Å². The third-order valence-electron chi connectivity index (χ3n) is 4.41. The van der Waals surface area contributed by atoms with Crippen molar-refractivity contribution in [3.05, 3.63) is 65.2 Å². The number of nitrogens with zero attached hydrogens (tertiary/aromatic N) is 2. The lowest BCUT2D eigenvalue weighted by molar-refractivity contribution is 0.230. The molecule has 0 saturated heterocycles. The van der Waals surface area contributed by atoms with Crippen LogP contribution in [0.4, 0.5) is 10.5 Å². The molecule has 6 nitrogen and oxygen atoms in total. The molecule has 0 atom stereocenters. The zero-order valence-corrected chi connectivity index (χ0v) is 18.0. The highest BCUT2D eigenvalue weighted by Gasteiger charge is 2.05. The summed E-state index contributed by atoms with van der Waals surface area (Å²) in [5.74, 6) is 0.793. The van der Waals surface area contributed by atoms with E-state index in [-0.39, 0.29) is 6.03 Å². The Hall–Kier alpha value is -3.02. The number of carbonyl (C=O) groups is 1. The van der Waals surface area contributed by atoms with Crippen LogP contribution in [0.15, 0.2) is 53.5 Å². The number of aliphatic imine (C=N–C) groups is 1. The van der Waals surface area contributed by atoms with Gasteiger partial charge in [-0.25, -0.2) is 9.79 Å². The minimum absolute atomic E-state index is 0.146. The molecule has 0 aliphatic heterocycles. The molecule has 0 saturated carbocycles. The lowest BCUT2D eigenvalue weighted by atomic mass is 10.1. The molecule has 0 bridgehead atoms. The quantitative estimate of drug-likeness (QED) is 0.358. The summed E-state index contributed by atoms with van der Waals surface area (Å²) in [6, 6.07) is 16.1. The maximum atomic E-state index is 11.8. The van der Waals surface area contributed by atoms with Crippen molar-refractivity contribution < 1.29 is 4.79 Å². The summed E-state index contributed by atoms with van der Waals surface area (Å²) in [4.78, 5) is 18.1. The maximum Gasteiger partial charge on any atom is 0.321 e. The van der Waals surface area contributed by atoms with Crippen LogP contribution in [0.25, 0.3) is 0 Å². The zero-order valence-electron chi connectivity index (χ0n) is 18.0. The van der Waals surface area contributed by atoms with Gasteiger partial charge in [0.1, 0.15) is 0 Å². The van der Waals surface area contributed by atoms with Gasteiger partial charge in [-0.2, -0.15) is 0 Å². The fourth-order valence-electron chi connectivity index (χ4n) is 2.60. The van der Waals surface area contributed by atoms with Gasteiger partial charge in [0, 0.05) is 32.9 Å². The first-order valence-corrected chi connectivity index (χ1v) is 10.1. The molecule has 0 aliphatic rings. The van der Waals surface area contributed by atoms with Gasteiger partial charge in [0.2, 0.25) is 0 Å². The number of urea groups is 1. The second-order valence-corrected chi connectivity index (χ2v) is 7.31. The predicted octanol–water partition coefficient (Wildman–Crippen LogP) is 4.12. The Morgan fingerprint density at radius 3 is 2.48 bits per heavy atom. The lowest BCUT2D eigenvalue weighted by Crippen LogP contribution is -2.37. The summed E-state index contributed by atoms with van der Waals surface area (Å²) >= 11 is 0. The van der Waals surface area contributed by atoms with Gasteiger partial charge in [-0.05, 0) is 36.6 Å². The lowest BCUT2D eigenvalue weighted by Gasteiger charge is -2.14. The van der Waals surface area contributed by atoms with Gasteiger partial charge < -0.3 is 20.9 Å². The Bertz CT molecular complexity index is 799. The molecule has 0 unspecified atom stereocenters. The van der Waals surface area contributed by atoms with E-state index in [1.807, 2.05) is 24.3 Å². The number of carbonyl (C=O) groups excluding carboxylic acids is 1. The third-order valence-corrected chi connectivity index (χ3v) is 4.41. The fourth-order valence-corrected chi connectivity index (χ4v) is 2.60. The number of aryl methyl sites for hydroxylation is 1. The van der Waals surface area contributed by atoms with Crippen LogP contribution in [0.1, 0.15) is 36.5 Å². The highest BCUT2D eigenvalue weighted by molar-refractivity contribution is 5.89. The van der Waals surface area contributed by atoms with Crippen molar-refractivity contribution in [3.63, 3.8) is 0 Å². The SMILES string of the molecule is CCCCNC(=NCc1cccc(NC(=O)N(C)C)c1)NCc1ccc(C)cc1. The standard InChI is InChI=1S/C23H33N5O/c1-5-6-14-24-22(25-16-19-12-10-18(2)11-13-19)26-17-20-8-7-9-21(15-20)27-23(29)28(3)4/h7-13,15H,5-6,14,16-17H2,1-4H3,(H,27,29)(H2,24,25,26). The zero-order chi connectivity index (χ0) is 21.1.